The van der Waals surface area contributed by atoms with E-state index in [-0.39, 0.29) is 10.6 Å². The van der Waals surface area contributed by atoms with Crippen molar-refractivity contribution in [1.82, 2.24) is 0 Å². The highest BCUT2D eigenvalue weighted by molar-refractivity contribution is 7.90. The van der Waals surface area contributed by atoms with Gasteiger partial charge in [0.1, 0.15) is 0 Å². The molecule has 0 aromatic heterocycles. The Morgan fingerprint density at radius 3 is 2.53 bits per heavy atom. The largest absolute Gasteiger partial charge is 0.275 e. The zero-order valence-electron chi connectivity index (χ0n) is 10.8. The van der Waals surface area contributed by atoms with E-state index < -0.39 is 20.1 Å². The van der Waals surface area contributed by atoms with Gasteiger partial charge in [-0.1, -0.05) is 19.8 Å². The number of hydrogen-bond donors (Lipinski definition) is 0. The summed E-state index contributed by atoms with van der Waals surface area (Å²) < 4.78 is 22.8. The van der Waals surface area contributed by atoms with Crippen LogP contribution in [0.3, 0.4) is 0 Å². The first-order valence-corrected chi connectivity index (χ1v) is 8.22. The number of nitro groups is 1. The third-order valence-corrected chi connectivity index (χ3v) is 4.34. The number of rotatable bonds is 6. The van der Waals surface area contributed by atoms with E-state index in [4.69, 9.17) is 11.6 Å². The molecule has 0 fully saturated rings. The number of benzene rings is 1. The molecule has 0 heterocycles. The van der Waals surface area contributed by atoms with Gasteiger partial charge in [0.05, 0.1) is 15.2 Å². The average molecular weight is 306 g/mol. The van der Waals surface area contributed by atoms with E-state index >= 15 is 0 Å². The molecule has 0 aliphatic heterocycles. The summed E-state index contributed by atoms with van der Waals surface area (Å²) in [5.74, 6) is 0. The minimum absolute atomic E-state index is 0.0673. The summed E-state index contributed by atoms with van der Waals surface area (Å²) in [4.78, 5) is 10.4. The number of nitrogens with zero attached hydrogens (tertiary/aromatic N) is 1. The summed E-state index contributed by atoms with van der Waals surface area (Å²) in [7, 11) is -3.47. The molecule has 106 valence electrons. The highest BCUT2D eigenvalue weighted by atomic mass is 35.5. The fraction of sp³-hybridized carbons (Fsp3) is 0.500. The third-order valence-electron chi connectivity index (χ3n) is 2.78. The van der Waals surface area contributed by atoms with Crippen LogP contribution in [0.4, 0.5) is 5.69 Å². The van der Waals surface area contributed by atoms with Gasteiger partial charge in [-0.3, -0.25) is 10.1 Å². The topological polar surface area (TPSA) is 77.3 Å². The molecule has 1 atom stereocenters. The lowest BCUT2D eigenvalue weighted by Crippen LogP contribution is -2.03. The van der Waals surface area contributed by atoms with Crippen LogP contribution in [0, 0.1) is 10.1 Å². The van der Waals surface area contributed by atoms with E-state index in [1.807, 2.05) is 6.92 Å². The molecule has 0 aliphatic rings. The average Bonchev–Trinajstić information content (AvgIpc) is 2.34. The fourth-order valence-corrected chi connectivity index (χ4v) is 2.70. The lowest BCUT2D eigenvalue weighted by atomic mass is 10.0. The number of unbranched alkanes of at least 4 members (excludes halogenated alkanes) is 1. The SMILES string of the molecule is CCCCC(Cl)c1ccc(S(C)(=O)=O)cc1[N+](=O)[O-]. The molecule has 1 aromatic rings. The van der Waals surface area contributed by atoms with Gasteiger partial charge in [-0.15, -0.1) is 11.6 Å². The summed E-state index contributed by atoms with van der Waals surface area (Å²) in [5.41, 5.74) is 0.131. The maximum absolute atomic E-state index is 11.4. The molecule has 7 heteroatoms. The highest BCUT2D eigenvalue weighted by Gasteiger charge is 2.23. The molecule has 0 aliphatic carbocycles. The number of alkyl halides is 1. The molecule has 1 unspecified atom stereocenters. The zero-order chi connectivity index (χ0) is 14.6. The molecule has 0 saturated carbocycles. The third kappa shape index (κ3) is 4.18. The van der Waals surface area contributed by atoms with Gasteiger partial charge in [0, 0.05) is 17.9 Å². The van der Waals surface area contributed by atoms with Crippen molar-refractivity contribution in [3.63, 3.8) is 0 Å². The summed E-state index contributed by atoms with van der Waals surface area (Å²) >= 11 is 6.15. The number of halogens is 1. The Bertz CT molecular complexity index is 571. The van der Waals surface area contributed by atoms with Gasteiger partial charge in [-0.05, 0) is 18.6 Å². The first-order chi connectivity index (χ1) is 8.77. The molecule has 0 amide bonds. The first-order valence-electron chi connectivity index (χ1n) is 5.89. The predicted octanol–water partition coefficient (Wildman–Crippen LogP) is 3.47. The molecule has 0 N–H and O–H groups in total. The molecule has 0 saturated heterocycles. The molecule has 1 rings (SSSR count). The monoisotopic (exact) mass is 305 g/mol. The zero-order valence-corrected chi connectivity index (χ0v) is 12.4. The standard InChI is InChI=1S/C12H16ClNO4S/c1-3-4-5-11(13)10-7-6-9(19(2,17)18)8-12(10)14(15)16/h6-8,11H,3-5H2,1-2H3. The Kier molecular flexibility index (Phi) is 5.31. The van der Waals surface area contributed by atoms with Crippen molar-refractivity contribution in [2.45, 2.75) is 36.5 Å². The van der Waals surface area contributed by atoms with Gasteiger partial charge in [0.2, 0.25) is 0 Å². The van der Waals surface area contributed by atoms with E-state index in [0.29, 0.717) is 12.0 Å². The molecule has 0 spiro atoms. The summed E-state index contributed by atoms with van der Waals surface area (Å²) in [6.07, 6.45) is 3.44. The Balaban J connectivity index is 3.23. The van der Waals surface area contributed by atoms with Gasteiger partial charge >= 0.3 is 0 Å². The van der Waals surface area contributed by atoms with Crippen molar-refractivity contribution in [3.05, 3.63) is 33.9 Å². The van der Waals surface area contributed by atoms with Crippen molar-refractivity contribution >= 4 is 27.1 Å². The smallest absolute Gasteiger partial charge is 0.258 e. The summed E-state index contributed by atoms with van der Waals surface area (Å²) in [6, 6.07) is 3.87. The number of hydrogen-bond acceptors (Lipinski definition) is 4. The Morgan fingerprint density at radius 2 is 2.05 bits per heavy atom. The lowest BCUT2D eigenvalue weighted by molar-refractivity contribution is -0.385. The quantitative estimate of drug-likeness (QED) is 0.458. The van der Waals surface area contributed by atoms with Crippen molar-refractivity contribution in [2.75, 3.05) is 6.26 Å². The highest BCUT2D eigenvalue weighted by Crippen LogP contribution is 2.34. The molecular weight excluding hydrogens is 290 g/mol. The lowest BCUT2D eigenvalue weighted by Gasteiger charge is -2.10. The Labute approximate surface area is 117 Å². The molecule has 5 nitrogen and oxygen atoms in total. The fourth-order valence-electron chi connectivity index (χ4n) is 1.72. The predicted molar refractivity (Wildman–Crippen MR) is 74.3 cm³/mol. The maximum Gasteiger partial charge on any atom is 0.275 e. The number of nitro benzene ring substituents is 1. The van der Waals surface area contributed by atoms with Crippen LogP contribution >= 0.6 is 11.6 Å². The van der Waals surface area contributed by atoms with Crippen molar-refractivity contribution < 1.29 is 13.3 Å². The molecular formula is C12H16ClNO4S. The van der Waals surface area contributed by atoms with E-state index in [0.717, 1.165) is 25.2 Å². The molecule has 0 bridgehead atoms. The Hall–Kier alpha value is -1.14. The Morgan fingerprint density at radius 1 is 1.42 bits per heavy atom. The van der Waals surface area contributed by atoms with Gasteiger partial charge in [-0.25, -0.2) is 8.42 Å². The van der Waals surface area contributed by atoms with Crippen molar-refractivity contribution in [1.29, 1.82) is 0 Å². The van der Waals surface area contributed by atoms with Crippen LogP contribution in [0.2, 0.25) is 0 Å². The second kappa shape index (κ2) is 6.34. The van der Waals surface area contributed by atoms with E-state index in [1.54, 1.807) is 0 Å². The van der Waals surface area contributed by atoms with Crippen molar-refractivity contribution in [3.8, 4) is 0 Å². The van der Waals surface area contributed by atoms with Crippen LogP contribution in [0.1, 0.15) is 37.1 Å². The van der Waals surface area contributed by atoms with E-state index in [2.05, 4.69) is 0 Å². The second-order valence-corrected chi connectivity index (χ2v) is 6.90. The van der Waals surface area contributed by atoms with Crippen LogP contribution in [0.25, 0.3) is 0 Å². The normalized spacial score (nSPS) is 13.2. The summed E-state index contributed by atoms with van der Waals surface area (Å²) in [6.45, 7) is 2.00. The second-order valence-electron chi connectivity index (χ2n) is 4.36. The van der Waals surface area contributed by atoms with E-state index in [1.165, 1.54) is 12.1 Å². The van der Waals surface area contributed by atoms with Crippen LogP contribution in [-0.2, 0) is 9.84 Å². The molecule has 0 radical (unpaired) electrons. The van der Waals surface area contributed by atoms with Gasteiger partial charge in [0.15, 0.2) is 9.84 Å². The minimum atomic E-state index is -3.47. The van der Waals surface area contributed by atoms with E-state index in [9.17, 15) is 18.5 Å². The van der Waals surface area contributed by atoms with Gasteiger partial charge < -0.3 is 0 Å². The van der Waals surface area contributed by atoms with Crippen LogP contribution < -0.4 is 0 Å². The first kappa shape index (κ1) is 15.9. The molecule has 1 aromatic carbocycles. The molecule has 19 heavy (non-hydrogen) atoms. The maximum atomic E-state index is 11.4. The summed E-state index contributed by atoms with van der Waals surface area (Å²) in [5, 5.41) is 10.6. The van der Waals surface area contributed by atoms with Crippen molar-refractivity contribution in [2.24, 2.45) is 0 Å². The van der Waals surface area contributed by atoms with Crippen LogP contribution in [0.5, 0.6) is 0 Å². The van der Waals surface area contributed by atoms with Gasteiger partial charge in [-0.2, -0.15) is 0 Å². The van der Waals surface area contributed by atoms with Crippen LogP contribution in [0.15, 0.2) is 23.1 Å². The van der Waals surface area contributed by atoms with Gasteiger partial charge in [0.25, 0.3) is 5.69 Å². The van der Waals surface area contributed by atoms with Crippen LogP contribution in [-0.4, -0.2) is 19.6 Å². The number of sulfone groups is 1. The minimum Gasteiger partial charge on any atom is -0.258 e.